The van der Waals surface area contributed by atoms with Crippen molar-refractivity contribution in [2.45, 2.75) is 56.7 Å². The molecule has 0 spiro atoms. The van der Waals surface area contributed by atoms with Gasteiger partial charge in [-0.3, -0.25) is 4.99 Å². The third-order valence-electron chi connectivity index (χ3n) is 3.34. The van der Waals surface area contributed by atoms with Crippen LogP contribution in [0.15, 0.2) is 4.99 Å². The lowest BCUT2D eigenvalue weighted by Crippen LogP contribution is -2.46. The van der Waals surface area contributed by atoms with E-state index in [1.807, 2.05) is 20.8 Å². The summed E-state index contributed by atoms with van der Waals surface area (Å²) in [5, 5.41) is 3.04. The molecule has 0 saturated heterocycles. The number of nitrogens with one attached hydrogen (secondary N) is 1. The molecule has 19 heavy (non-hydrogen) atoms. The predicted octanol–water partition coefficient (Wildman–Crippen LogP) is 1.66. The maximum absolute atomic E-state index is 11.9. The average molecular weight is 403 g/mol. The van der Waals surface area contributed by atoms with E-state index in [-0.39, 0.29) is 36.1 Å². The van der Waals surface area contributed by atoms with Gasteiger partial charge in [-0.1, -0.05) is 12.8 Å². The number of rotatable bonds is 3. The number of hydrogen-bond donors (Lipinski definition) is 2. The maximum atomic E-state index is 11.9. The summed E-state index contributed by atoms with van der Waals surface area (Å²) < 4.78 is 23.1. The van der Waals surface area contributed by atoms with Crippen LogP contribution in [0.4, 0.5) is 0 Å². The highest BCUT2D eigenvalue weighted by Crippen LogP contribution is 2.36. The van der Waals surface area contributed by atoms with Crippen LogP contribution in [0.1, 0.15) is 46.5 Å². The van der Waals surface area contributed by atoms with Gasteiger partial charge in [0, 0.05) is 11.8 Å². The summed E-state index contributed by atoms with van der Waals surface area (Å²) in [5.41, 5.74) is 5.62. The molecule has 1 aliphatic carbocycles. The molecule has 0 unspecified atom stereocenters. The van der Waals surface area contributed by atoms with Crippen LogP contribution < -0.4 is 11.1 Å². The molecule has 1 rings (SSSR count). The lowest BCUT2D eigenvalue weighted by Gasteiger charge is -2.26. The van der Waals surface area contributed by atoms with Crippen LogP contribution >= 0.6 is 24.0 Å². The van der Waals surface area contributed by atoms with E-state index in [1.165, 1.54) is 6.26 Å². The average Bonchev–Trinajstić information content (AvgIpc) is 2.60. The van der Waals surface area contributed by atoms with Crippen molar-refractivity contribution in [1.82, 2.24) is 5.32 Å². The first-order valence-corrected chi connectivity index (χ1v) is 8.23. The molecule has 0 aliphatic heterocycles. The Morgan fingerprint density at radius 3 is 2.16 bits per heavy atom. The van der Waals surface area contributed by atoms with Crippen LogP contribution in [0.2, 0.25) is 0 Å². The van der Waals surface area contributed by atoms with Gasteiger partial charge >= 0.3 is 0 Å². The Balaban J connectivity index is 0.00000324. The Hall–Kier alpha value is -0.0500. The largest absolute Gasteiger partial charge is 0.370 e. The van der Waals surface area contributed by atoms with Gasteiger partial charge in [-0.05, 0) is 33.6 Å². The molecule has 3 N–H and O–H groups in total. The van der Waals surface area contributed by atoms with Crippen molar-refractivity contribution in [3.05, 3.63) is 0 Å². The zero-order valence-corrected chi connectivity index (χ0v) is 15.3. The molecule has 0 aromatic carbocycles. The van der Waals surface area contributed by atoms with E-state index in [1.54, 1.807) is 0 Å². The van der Waals surface area contributed by atoms with Gasteiger partial charge in [-0.2, -0.15) is 0 Å². The first-order valence-electron chi connectivity index (χ1n) is 6.33. The van der Waals surface area contributed by atoms with Crippen molar-refractivity contribution >= 4 is 39.8 Å². The SMILES string of the molecule is CC(C)(C)NC(N)=NCC1(S(C)(=O)=O)CCCC1.I. The molecule has 0 amide bonds. The van der Waals surface area contributed by atoms with Crippen molar-refractivity contribution in [3.8, 4) is 0 Å². The Kier molecular flexibility index (Phi) is 6.58. The Bertz CT molecular complexity index is 421. The Labute approximate surface area is 133 Å². The minimum Gasteiger partial charge on any atom is -0.370 e. The lowest BCUT2D eigenvalue weighted by molar-refractivity contribution is 0.501. The van der Waals surface area contributed by atoms with Gasteiger partial charge in [0.05, 0.1) is 11.3 Å². The Morgan fingerprint density at radius 1 is 1.32 bits per heavy atom. The number of aliphatic imine (C=N–C) groups is 1. The number of nitrogens with two attached hydrogens (primary N) is 1. The summed E-state index contributed by atoms with van der Waals surface area (Å²) in [5.74, 6) is 0.317. The molecule has 0 bridgehead atoms. The summed E-state index contributed by atoms with van der Waals surface area (Å²) in [7, 11) is -3.09. The maximum Gasteiger partial charge on any atom is 0.189 e. The molecule has 5 nitrogen and oxygen atoms in total. The topological polar surface area (TPSA) is 84.5 Å². The summed E-state index contributed by atoms with van der Waals surface area (Å²) in [6.45, 7) is 6.21. The molecular weight excluding hydrogens is 377 g/mol. The van der Waals surface area contributed by atoms with E-state index in [0.717, 1.165) is 12.8 Å². The van der Waals surface area contributed by atoms with Crippen molar-refractivity contribution in [1.29, 1.82) is 0 Å². The van der Waals surface area contributed by atoms with E-state index in [0.29, 0.717) is 18.8 Å². The highest BCUT2D eigenvalue weighted by atomic mass is 127. The van der Waals surface area contributed by atoms with Crippen LogP contribution in [0, 0.1) is 0 Å². The zero-order valence-electron chi connectivity index (χ0n) is 12.2. The molecular formula is C12H26IN3O2S. The second-order valence-electron chi connectivity index (χ2n) is 6.24. The quantitative estimate of drug-likeness (QED) is 0.427. The smallest absolute Gasteiger partial charge is 0.189 e. The number of guanidine groups is 1. The lowest BCUT2D eigenvalue weighted by atomic mass is 10.1. The standard InChI is InChI=1S/C12H25N3O2S.HI/c1-11(2,3)15-10(13)14-9-12(18(4,16)17)7-5-6-8-12;/h5-9H2,1-4H3,(H3,13,14,15);1H. The molecule has 0 atom stereocenters. The fourth-order valence-corrected chi connectivity index (χ4v) is 3.65. The number of halogens is 1. The third kappa shape index (κ3) is 5.45. The summed E-state index contributed by atoms with van der Waals surface area (Å²) in [6.07, 6.45) is 4.60. The van der Waals surface area contributed by atoms with Crippen molar-refractivity contribution in [2.24, 2.45) is 10.7 Å². The van der Waals surface area contributed by atoms with Crippen molar-refractivity contribution in [2.75, 3.05) is 12.8 Å². The van der Waals surface area contributed by atoms with Crippen LogP contribution in [0.25, 0.3) is 0 Å². The van der Waals surface area contributed by atoms with E-state index >= 15 is 0 Å². The van der Waals surface area contributed by atoms with Crippen LogP contribution in [-0.4, -0.2) is 37.5 Å². The molecule has 1 fully saturated rings. The van der Waals surface area contributed by atoms with E-state index in [9.17, 15) is 8.42 Å². The predicted molar refractivity (Wildman–Crippen MR) is 90.8 cm³/mol. The molecule has 0 aromatic rings. The number of hydrogen-bond acceptors (Lipinski definition) is 3. The number of sulfone groups is 1. The second kappa shape index (κ2) is 6.60. The molecule has 0 radical (unpaired) electrons. The van der Waals surface area contributed by atoms with Gasteiger partial charge in [-0.25, -0.2) is 8.42 Å². The van der Waals surface area contributed by atoms with Crippen molar-refractivity contribution in [3.63, 3.8) is 0 Å². The molecule has 1 saturated carbocycles. The summed E-state index contributed by atoms with van der Waals surface area (Å²) >= 11 is 0. The van der Waals surface area contributed by atoms with Crippen molar-refractivity contribution < 1.29 is 8.42 Å². The third-order valence-corrected chi connectivity index (χ3v) is 5.45. The highest BCUT2D eigenvalue weighted by molar-refractivity contribution is 14.0. The van der Waals surface area contributed by atoms with Gasteiger partial charge in [0.25, 0.3) is 0 Å². The van der Waals surface area contributed by atoms with Gasteiger partial charge in [0.15, 0.2) is 15.8 Å². The van der Waals surface area contributed by atoms with E-state index in [4.69, 9.17) is 5.73 Å². The first-order chi connectivity index (χ1) is 8.06. The van der Waals surface area contributed by atoms with Crippen LogP contribution in [0.3, 0.4) is 0 Å². The second-order valence-corrected chi connectivity index (χ2v) is 8.65. The first kappa shape index (κ1) is 18.9. The molecule has 0 aromatic heterocycles. The minimum absolute atomic E-state index is 0. The highest BCUT2D eigenvalue weighted by Gasteiger charge is 2.43. The summed E-state index contributed by atoms with van der Waals surface area (Å²) in [6, 6.07) is 0. The number of nitrogens with zero attached hydrogens (tertiary/aromatic N) is 1. The van der Waals surface area contributed by atoms with Gasteiger partial charge in [-0.15, -0.1) is 24.0 Å². The zero-order chi connectivity index (χ0) is 14.0. The fourth-order valence-electron chi connectivity index (χ4n) is 2.32. The van der Waals surface area contributed by atoms with Gasteiger partial charge < -0.3 is 11.1 Å². The molecule has 0 heterocycles. The minimum atomic E-state index is -3.09. The normalized spacial score (nSPS) is 19.9. The van der Waals surface area contributed by atoms with E-state index < -0.39 is 14.6 Å². The van der Waals surface area contributed by atoms with E-state index in [2.05, 4.69) is 10.3 Å². The van der Waals surface area contributed by atoms with Crippen LogP contribution in [-0.2, 0) is 9.84 Å². The molecule has 7 heteroatoms. The fraction of sp³-hybridized carbons (Fsp3) is 0.917. The monoisotopic (exact) mass is 403 g/mol. The molecule has 1 aliphatic rings. The van der Waals surface area contributed by atoms with Gasteiger partial charge in [0.2, 0.25) is 0 Å². The molecule has 114 valence electrons. The summed E-state index contributed by atoms with van der Waals surface area (Å²) in [4.78, 5) is 4.23. The van der Waals surface area contributed by atoms with Gasteiger partial charge in [0.1, 0.15) is 0 Å². The van der Waals surface area contributed by atoms with Crippen LogP contribution in [0.5, 0.6) is 0 Å². The Morgan fingerprint density at radius 2 is 1.79 bits per heavy atom.